The molecule has 0 spiro atoms. The van der Waals surface area contributed by atoms with Crippen molar-refractivity contribution in [1.29, 1.82) is 0 Å². The minimum absolute atomic E-state index is 0.0343. The number of hydrogen-bond donors (Lipinski definition) is 1. The van der Waals surface area contributed by atoms with Crippen LogP contribution in [0.5, 0.6) is 0 Å². The van der Waals surface area contributed by atoms with Gasteiger partial charge in [-0.25, -0.2) is 0 Å². The van der Waals surface area contributed by atoms with Gasteiger partial charge in [0, 0.05) is 42.2 Å². The molecular weight excluding hydrogens is 302 g/mol. The van der Waals surface area contributed by atoms with Gasteiger partial charge in [-0.05, 0) is 36.2 Å². The standard InChI is InChI=1S/C15H18BrN3/c1-11(17)14-6-5-13(8-15(14)16)19(2)10-12-4-3-7-18-9-12/h3-9,11H,10,17H2,1-2H3/t11-/m0/s1. The molecule has 2 N–H and O–H groups in total. The molecule has 19 heavy (non-hydrogen) atoms. The molecule has 0 aliphatic heterocycles. The van der Waals surface area contributed by atoms with Crippen molar-refractivity contribution < 1.29 is 0 Å². The Morgan fingerprint density at radius 2 is 2.16 bits per heavy atom. The molecular formula is C15H18BrN3. The molecule has 0 saturated heterocycles. The van der Waals surface area contributed by atoms with E-state index >= 15 is 0 Å². The first kappa shape index (κ1) is 14.0. The number of halogens is 1. The number of nitrogens with two attached hydrogens (primary N) is 1. The molecule has 3 nitrogen and oxygen atoms in total. The maximum Gasteiger partial charge on any atom is 0.0441 e. The van der Waals surface area contributed by atoms with Crippen LogP contribution in [0, 0.1) is 0 Å². The highest BCUT2D eigenvalue weighted by Crippen LogP contribution is 2.27. The Balaban J connectivity index is 2.16. The Morgan fingerprint density at radius 3 is 2.74 bits per heavy atom. The fourth-order valence-electron chi connectivity index (χ4n) is 1.98. The first-order valence-electron chi connectivity index (χ1n) is 6.23. The van der Waals surface area contributed by atoms with E-state index in [1.165, 1.54) is 5.56 Å². The molecule has 0 fully saturated rings. The SMILES string of the molecule is C[C@H](N)c1ccc(N(C)Cc2cccnc2)cc1Br. The van der Waals surface area contributed by atoms with E-state index in [0.29, 0.717) is 0 Å². The highest BCUT2D eigenvalue weighted by molar-refractivity contribution is 9.10. The molecule has 1 aromatic heterocycles. The van der Waals surface area contributed by atoms with Crippen LogP contribution in [-0.2, 0) is 6.54 Å². The summed E-state index contributed by atoms with van der Waals surface area (Å²) in [5.74, 6) is 0. The van der Waals surface area contributed by atoms with Gasteiger partial charge in [0.25, 0.3) is 0 Å². The van der Waals surface area contributed by atoms with Gasteiger partial charge in [-0.2, -0.15) is 0 Å². The van der Waals surface area contributed by atoms with Gasteiger partial charge in [0.1, 0.15) is 0 Å². The Morgan fingerprint density at radius 1 is 1.37 bits per heavy atom. The van der Waals surface area contributed by atoms with Crippen molar-refractivity contribution >= 4 is 21.6 Å². The second-order valence-corrected chi connectivity index (χ2v) is 5.57. The predicted molar refractivity (Wildman–Crippen MR) is 83.1 cm³/mol. The van der Waals surface area contributed by atoms with Gasteiger partial charge in [0.15, 0.2) is 0 Å². The number of nitrogens with zero attached hydrogens (tertiary/aromatic N) is 2. The van der Waals surface area contributed by atoms with Crippen LogP contribution in [0.15, 0.2) is 47.2 Å². The molecule has 0 aliphatic carbocycles. The van der Waals surface area contributed by atoms with E-state index < -0.39 is 0 Å². The van der Waals surface area contributed by atoms with Crippen molar-refractivity contribution in [2.75, 3.05) is 11.9 Å². The van der Waals surface area contributed by atoms with Crippen molar-refractivity contribution in [2.45, 2.75) is 19.5 Å². The lowest BCUT2D eigenvalue weighted by molar-refractivity contribution is 0.811. The zero-order chi connectivity index (χ0) is 13.8. The summed E-state index contributed by atoms with van der Waals surface area (Å²) in [7, 11) is 2.07. The molecule has 2 aromatic rings. The fraction of sp³-hybridized carbons (Fsp3) is 0.267. The summed E-state index contributed by atoms with van der Waals surface area (Å²) in [6.07, 6.45) is 3.68. The number of hydrogen-bond acceptors (Lipinski definition) is 3. The first-order valence-corrected chi connectivity index (χ1v) is 7.02. The Labute approximate surface area is 122 Å². The summed E-state index contributed by atoms with van der Waals surface area (Å²) < 4.78 is 1.05. The number of rotatable bonds is 4. The van der Waals surface area contributed by atoms with Crippen molar-refractivity contribution in [3.63, 3.8) is 0 Å². The maximum absolute atomic E-state index is 5.91. The molecule has 1 aromatic carbocycles. The largest absolute Gasteiger partial charge is 0.370 e. The summed E-state index contributed by atoms with van der Waals surface area (Å²) in [6, 6.07) is 10.3. The predicted octanol–water partition coefficient (Wildman–Crippen LogP) is 3.50. The number of anilines is 1. The lowest BCUT2D eigenvalue weighted by Gasteiger charge is -2.21. The minimum Gasteiger partial charge on any atom is -0.370 e. The van der Waals surface area contributed by atoms with Crippen molar-refractivity contribution in [2.24, 2.45) is 5.73 Å². The third-order valence-corrected chi connectivity index (χ3v) is 3.74. The molecule has 1 heterocycles. The van der Waals surface area contributed by atoms with Gasteiger partial charge < -0.3 is 10.6 Å². The number of benzene rings is 1. The van der Waals surface area contributed by atoms with Crippen LogP contribution in [0.25, 0.3) is 0 Å². The topological polar surface area (TPSA) is 42.1 Å². The van der Waals surface area contributed by atoms with E-state index in [1.807, 2.05) is 19.2 Å². The van der Waals surface area contributed by atoms with Crippen LogP contribution in [0.3, 0.4) is 0 Å². The molecule has 0 radical (unpaired) electrons. The molecule has 2 rings (SSSR count). The molecule has 100 valence electrons. The summed E-state index contributed by atoms with van der Waals surface area (Å²) in [6.45, 7) is 2.82. The van der Waals surface area contributed by atoms with Crippen LogP contribution in [0.4, 0.5) is 5.69 Å². The Hall–Kier alpha value is -1.39. The van der Waals surface area contributed by atoms with Crippen LogP contribution >= 0.6 is 15.9 Å². The van der Waals surface area contributed by atoms with E-state index in [0.717, 1.165) is 22.3 Å². The second kappa shape index (κ2) is 6.17. The fourth-order valence-corrected chi connectivity index (χ4v) is 2.71. The number of aromatic nitrogens is 1. The smallest absolute Gasteiger partial charge is 0.0441 e. The maximum atomic E-state index is 5.91. The average Bonchev–Trinajstić information content (AvgIpc) is 2.39. The van der Waals surface area contributed by atoms with Crippen LogP contribution in [0.1, 0.15) is 24.1 Å². The summed E-state index contributed by atoms with van der Waals surface area (Å²) >= 11 is 3.58. The summed E-state index contributed by atoms with van der Waals surface area (Å²) in [5.41, 5.74) is 9.38. The molecule has 1 atom stereocenters. The van der Waals surface area contributed by atoms with Crippen LogP contribution < -0.4 is 10.6 Å². The van der Waals surface area contributed by atoms with E-state index in [-0.39, 0.29) is 6.04 Å². The van der Waals surface area contributed by atoms with Crippen molar-refractivity contribution in [3.05, 3.63) is 58.3 Å². The van der Waals surface area contributed by atoms with Gasteiger partial charge in [0.05, 0.1) is 0 Å². The quantitative estimate of drug-likeness (QED) is 0.937. The van der Waals surface area contributed by atoms with Gasteiger partial charge >= 0.3 is 0 Å². The van der Waals surface area contributed by atoms with E-state index in [9.17, 15) is 0 Å². The Kier molecular flexibility index (Phi) is 4.56. The monoisotopic (exact) mass is 319 g/mol. The van der Waals surface area contributed by atoms with E-state index in [2.05, 4.69) is 57.1 Å². The zero-order valence-electron chi connectivity index (χ0n) is 11.2. The van der Waals surface area contributed by atoms with E-state index in [1.54, 1.807) is 6.20 Å². The van der Waals surface area contributed by atoms with Crippen LogP contribution in [-0.4, -0.2) is 12.0 Å². The third-order valence-electron chi connectivity index (χ3n) is 3.06. The Bertz CT molecular complexity index is 540. The molecule has 0 amide bonds. The molecule has 0 unspecified atom stereocenters. The highest BCUT2D eigenvalue weighted by atomic mass is 79.9. The lowest BCUT2D eigenvalue weighted by Crippen LogP contribution is -2.17. The molecule has 0 aliphatic rings. The number of pyridine rings is 1. The van der Waals surface area contributed by atoms with Gasteiger partial charge in [-0.3, -0.25) is 4.98 Å². The zero-order valence-corrected chi connectivity index (χ0v) is 12.8. The molecule has 0 bridgehead atoms. The normalized spacial score (nSPS) is 12.2. The molecule has 4 heteroatoms. The summed E-state index contributed by atoms with van der Waals surface area (Å²) in [5, 5.41) is 0. The van der Waals surface area contributed by atoms with E-state index in [4.69, 9.17) is 5.73 Å². The van der Waals surface area contributed by atoms with Gasteiger partial charge in [0.2, 0.25) is 0 Å². The van der Waals surface area contributed by atoms with Crippen LogP contribution in [0.2, 0.25) is 0 Å². The van der Waals surface area contributed by atoms with Crippen molar-refractivity contribution in [1.82, 2.24) is 4.98 Å². The first-order chi connectivity index (χ1) is 9.08. The average molecular weight is 320 g/mol. The van der Waals surface area contributed by atoms with Gasteiger partial charge in [-0.15, -0.1) is 0 Å². The lowest BCUT2D eigenvalue weighted by atomic mass is 10.1. The summed E-state index contributed by atoms with van der Waals surface area (Å²) in [4.78, 5) is 6.32. The van der Waals surface area contributed by atoms with Gasteiger partial charge in [-0.1, -0.05) is 28.1 Å². The minimum atomic E-state index is 0.0343. The second-order valence-electron chi connectivity index (χ2n) is 4.71. The van der Waals surface area contributed by atoms with Crippen molar-refractivity contribution in [3.8, 4) is 0 Å². The highest BCUT2D eigenvalue weighted by Gasteiger charge is 2.08. The third kappa shape index (κ3) is 3.55. The molecule has 0 saturated carbocycles.